The van der Waals surface area contributed by atoms with Crippen LogP contribution in [-0.2, 0) is 5.75 Å². The van der Waals surface area contributed by atoms with Gasteiger partial charge in [0, 0.05) is 29.9 Å². The number of fused-ring (bicyclic) bond motifs is 1. The lowest BCUT2D eigenvalue weighted by molar-refractivity contribution is 0.444. The van der Waals surface area contributed by atoms with Gasteiger partial charge in [0.2, 0.25) is 5.88 Å². The van der Waals surface area contributed by atoms with Crippen molar-refractivity contribution >= 4 is 29.0 Å². The summed E-state index contributed by atoms with van der Waals surface area (Å²) in [5, 5.41) is 10.6. The van der Waals surface area contributed by atoms with Gasteiger partial charge in [0.25, 0.3) is 0 Å². The summed E-state index contributed by atoms with van der Waals surface area (Å²) in [7, 11) is 0. The number of halogens is 1. The quantitative estimate of drug-likeness (QED) is 0.595. The van der Waals surface area contributed by atoms with Crippen LogP contribution in [0.5, 0.6) is 5.88 Å². The summed E-state index contributed by atoms with van der Waals surface area (Å²) in [5.41, 5.74) is 2.49. The van der Waals surface area contributed by atoms with E-state index in [1.807, 2.05) is 35.9 Å². The van der Waals surface area contributed by atoms with Crippen molar-refractivity contribution < 1.29 is 5.11 Å². The Morgan fingerprint density at radius 2 is 2.10 bits per heavy atom. The van der Waals surface area contributed by atoms with E-state index in [0.29, 0.717) is 15.9 Å². The molecule has 0 aliphatic carbocycles. The van der Waals surface area contributed by atoms with E-state index >= 15 is 0 Å². The molecule has 102 valence electrons. The van der Waals surface area contributed by atoms with Crippen molar-refractivity contribution in [3.8, 4) is 5.88 Å². The number of aryl methyl sites for hydroxylation is 1. The van der Waals surface area contributed by atoms with Crippen molar-refractivity contribution in [1.29, 1.82) is 0 Å². The Morgan fingerprint density at radius 1 is 1.25 bits per heavy atom. The Balaban J connectivity index is 1.79. The smallest absolute Gasteiger partial charge is 0.215 e. The van der Waals surface area contributed by atoms with Gasteiger partial charge in [0.15, 0.2) is 5.16 Å². The summed E-state index contributed by atoms with van der Waals surface area (Å²) in [6, 6.07) is 5.20. The molecule has 3 aromatic heterocycles. The Morgan fingerprint density at radius 3 is 2.90 bits per heavy atom. The van der Waals surface area contributed by atoms with Crippen molar-refractivity contribution in [2.24, 2.45) is 0 Å². The number of hydrogen-bond donors (Lipinski definition) is 1. The molecule has 0 aliphatic heterocycles. The fraction of sp³-hybridized carbons (Fsp3) is 0.154. The predicted octanol–water partition coefficient (Wildman–Crippen LogP) is 3.08. The minimum atomic E-state index is -0.0122. The Bertz CT molecular complexity index is 754. The van der Waals surface area contributed by atoms with Gasteiger partial charge < -0.3 is 9.51 Å². The largest absolute Gasteiger partial charge is 0.493 e. The van der Waals surface area contributed by atoms with Crippen molar-refractivity contribution in [2.45, 2.75) is 17.8 Å². The topological polar surface area (TPSA) is 63.3 Å². The van der Waals surface area contributed by atoms with Crippen LogP contribution < -0.4 is 0 Å². The lowest BCUT2D eigenvalue weighted by Gasteiger charge is -2.00. The predicted molar refractivity (Wildman–Crippen MR) is 78.2 cm³/mol. The molecule has 0 aliphatic rings. The van der Waals surface area contributed by atoms with E-state index in [9.17, 15) is 5.11 Å². The van der Waals surface area contributed by atoms with Gasteiger partial charge in [-0.1, -0.05) is 23.4 Å². The minimum Gasteiger partial charge on any atom is -0.493 e. The molecule has 0 spiro atoms. The normalized spacial score (nSPS) is 11.1. The molecule has 3 rings (SSSR count). The number of imidazole rings is 1. The molecular formula is C13H11ClN4OS. The third-order valence-electron chi connectivity index (χ3n) is 2.63. The third kappa shape index (κ3) is 2.86. The van der Waals surface area contributed by atoms with Gasteiger partial charge in [-0.05, 0) is 19.1 Å². The highest BCUT2D eigenvalue weighted by molar-refractivity contribution is 7.98. The SMILES string of the molecule is Cc1cc(O)nc(SCc2cn3cc(Cl)ccc3n2)n1. The molecule has 0 fully saturated rings. The molecule has 0 saturated carbocycles. The molecule has 20 heavy (non-hydrogen) atoms. The molecule has 0 bridgehead atoms. The summed E-state index contributed by atoms with van der Waals surface area (Å²) >= 11 is 7.36. The van der Waals surface area contributed by atoms with Gasteiger partial charge in [-0.15, -0.1) is 0 Å². The second kappa shape index (κ2) is 5.30. The summed E-state index contributed by atoms with van der Waals surface area (Å²) < 4.78 is 1.88. The summed E-state index contributed by atoms with van der Waals surface area (Å²) in [4.78, 5) is 12.7. The van der Waals surface area contributed by atoms with Crippen molar-refractivity contribution in [3.63, 3.8) is 0 Å². The highest BCUT2D eigenvalue weighted by Crippen LogP contribution is 2.22. The first-order chi connectivity index (χ1) is 9.60. The molecule has 3 aromatic rings. The molecule has 0 amide bonds. The van der Waals surface area contributed by atoms with Gasteiger partial charge in [0.1, 0.15) is 5.65 Å². The van der Waals surface area contributed by atoms with E-state index in [0.717, 1.165) is 17.0 Å². The number of nitrogens with zero attached hydrogens (tertiary/aromatic N) is 4. The van der Waals surface area contributed by atoms with Crippen LogP contribution in [0.3, 0.4) is 0 Å². The standard InChI is InChI=1S/C13H11ClN4OS/c1-8-4-12(19)17-13(15-8)20-7-10-6-18-5-9(14)2-3-11(18)16-10/h2-6H,7H2,1H3,(H,15,17,19). The molecule has 0 saturated heterocycles. The molecule has 7 heteroatoms. The zero-order valence-corrected chi connectivity index (χ0v) is 12.2. The maximum atomic E-state index is 9.44. The van der Waals surface area contributed by atoms with Crippen molar-refractivity contribution in [3.05, 3.63) is 47.0 Å². The van der Waals surface area contributed by atoms with Crippen LogP contribution in [0.2, 0.25) is 5.02 Å². The molecule has 0 atom stereocenters. The molecule has 3 heterocycles. The summed E-state index contributed by atoms with van der Waals surface area (Å²) in [5.74, 6) is 0.615. The highest BCUT2D eigenvalue weighted by atomic mass is 35.5. The molecule has 0 unspecified atom stereocenters. The zero-order chi connectivity index (χ0) is 14.1. The average molecular weight is 307 g/mol. The fourth-order valence-electron chi connectivity index (χ4n) is 1.82. The van der Waals surface area contributed by atoms with Gasteiger partial charge in [-0.25, -0.2) is 9.97 Å². The van der Waals surface area contributed by atoms with Crippen LogP contribution in [0, 0.1) is 6.92 Å². The Labute approximate surface area is 124 Å². The van der Waals surface area contributed by atoms with Crippen LogP contribution in [0.4, 0.5) is 0 Å². The molecule has 5 nitrogen and oxygen atoms in total. The third-order valence-corrected chi connectivity index (χ3v) is 3.74. The summed E-state index contributed by atoms with van der Waals surface area (Å²) in [6.45, 7) is 1.82. The number of aromatic nitrogens is 4. The first-order valence-electron chi connectivity index (χ1n) is 5.91. The minimum absolute atomic E-state index is 0.0122. The van der Waals surface area contributed by atoms with Crippen molar-refractivity contribution in [1.82, 2.24) is 19.4 Å². The molecule has 0 radical (unpaired) electrons. The first-order valence-corrected chi connectivity index (χ1v) is 7.27. The maximum Gasteiger partial charge on any atom is 0.215 e. The lowest BCUT2D eigenvalue weighted by atomic mass is 10.4. The van der Waals surface area contributed by atoms with Crippen LogP contribution in [0.1, 0.15) is 11.4 Å². The zero-order valence-electron chi connectivity index (χ0n) is 10.6. The molecular weight excluding hydrogens is 296 g/mol. The van der Waals surface area contributed by atoms with Crippen LogP contribution in [0.25, 0.3) is 5.65 Å². The van der Waals surface area contributed by atoms with Crippen LogP contribution >= 0.6 is 23.4 Å². The fourth-order valence-corrected chi connectivity index (χ4v) is 2.77. The van der Waals surface area contributed by atoms with Gasteiger partial charge in [0.05, 0.1) is 10.7 Å². The number of hydrogen-bond acceptors (Lipinski definition) is 5. The molecule has 0 aromatic carbocycles. The van der Waals surface area contributed by atoms with Gasteiger partial charge >= 0.3 is 0 Å². The maximum absolute atomic E-state index is 9.44. The number of aromatic hydroxyl groups is 1. The number of thioether (sulfide) groups is 1. The highest BCUT2D eigenvalue weighted by Gasteiger charge is 2.06. The van der Waals surface area contributed by atoms with E-state index in [4.69, 9.17) is 11.6 Å². The van der Waals surface area contributed by atoms with Gasteiger partial charge in [-0.2, -0.15) is 4.98 Å². The van der Waals surface area contributed by atoms with E-state index in [-0.39, 0.29) is 5.88 Å². The van der Waals surface area contributed by atoms with Gasteiger partial charge in [-0.3, -0.25) is 0 Å². The van der Waals surface area contributed by atoms with E-state index in [1.165, 1.54) is 17.8 Å². The van der Waals surface area contributed by atoms with E-state index in [1.54, 1.807) is 0 Å². The number of rotatable bonds is 3. The Kier molecular flexibility index (Phi) is 3.50. The number of pyridine rings is 1. The second-order valence-corrected chi connectivity index (χ2v) is 5.66. The van der Waals surface area contributed by atoms with Crippen LogP contribution in [-0.4, -0.2) is 24.5 Å². The lowest BCUT2D eigenvalue weighted by Crippen LogP contribution is -1.90. The second-order valence-electron chi connectivity index (χ2n) is 4.28. The monoisotopic (exact) mass is 306 g/mol. The van der Waals surface area contributed by atoms with E-state index < -0.39 is 0 Å². The average Bonchev–Trinajstić information content (AvgIpc) is 2.77. The Hall–Kier alpha value is -1.79. The van der Waals surface area contributed by atoms with Crippen LogP contribution in [0.15, 0.2) is 35.7 Å². The summed E-state index contributed by atoms with van der Waals surface area (Å²) in [6.07, 6.45) is 3.73. The first kappa shape index (κ1) is 13.2. The molecule has 1 N–H and O–H groups in total. The van der Waals surface area contributed by atoms with Crippen molar-refractivity contribution in [2.75, 3.05) is 0 Å². The van der Waals surface area contributed by atoms with E-state index in [2.05, 4.69) is 15.0 Å².